The molecule has 1 aromatic heterocycles. The summed E-state index contributed by atoms with van der Waals surface area (Å²) in [5.41, 5.74) is -0.361. The lowest BCUT2D eigenvalue weighted by Gasteiger charge is -2.19. The first-order valence-electron chi connectivity index (χ1n) is 8.07. The van der Waals surface area contributed by atoms with E-state index in [1.807, 2.05) is 0 Å². The molecule has 0 aliphatic rings. The van der Waals surface area contributed by atoms with Crippen molar-refractivity contribution in [2.24, 2.45) is 0 Å². The third-order valence-electron chi connectivity index (χ3n) is 3.83. The summed E-state index contributed by atoms with van der Waals surface area (Å²) in [6.07, 6.45) is 0. The molecule has 0 bridgehead atoms. The molecule has 0 radical (unpaired) electrons. The van der Waals surface area contributed by atoms with Crippen LogP contribution in [0.15, 0.2) is 34.7 Å². The van der Waals surface area contributed by atoms with E-state index in [1.54, 1.807) is 32.9 Å². The largest absolute Gasteiger partial charge is 0.465 e. The number of ether oxygens (including phenoxy) is 2. The fourth-order valence-electron chi connectivity index (χ4n) is 2.70. The molecular formula is C19H17NO7. The first-order chi connectivity index (χ1) is 12.6. The maximum absolute atomic E-state index is 12.2. The Bertz CT molecular complexity index is 1090. The fraction of sp³-hybridized carbons (Fsp3) is 0.263. The van der Waals surface area contributed by atoms with Crippen LogP contribution in [-0.2, 0) is 9.47 Å². The van der Waals surface area contributed by atoms with E-state index in [9.17, 15) is 19.7 Å². The summed E-state index contributed by atoms with van der Waals surface area (Å²) in [4.78, 5) is 34.7. The van der Waals surface area contributed by atoms with Gasteiger partial charge in [0.2, 0.25) is 0 Å². The van der Waals surface area contributed by atoms with Crippen molar-refractivity contribution in [1.29, 1.82) is 0 Å². The minimum absolute atomic E-state index is 0.172. The van der Waals surface area contributed by atoms with E-state index in [1.165, 1.54) is 18.2 Å². The Labute approximate surface area is 153 Å². The number of hydrogen-bond donors (Lipinski definition) is 0. The summed E-state index contributed by atoms with van der Waals surface area (Å²) in [6, 6.07) is 7.26. The molecule has 0 saturated heterocycles. The number of benzene rings is 2. The third-order valence-corrected chi connectivity index (χ3v) is 3.83. The van der Waals surface area contributed by atoms with Gasteiger partial charge in [-0.25, -0.2) is 9.59 Å². The number of nitro groups is 1. The minimum atomic E-state index is -0.816. The topological polar surface area (TPSA) is 109 Å². The summed E-state index contributed by atoms with van der Waals surface area (Å²) >= 11 is 0. The molecular weight excluding hydrogens is 354 g/mol. The molecule has 0 aliphatic heterocycles. The van der Waals surface area contributed by atoms with Gasteiger partial charge in [0.25, 0.3) is 5.69 Å². The lowest BCUT2D eigenvalue weighted by molar-refractivity contribution is -0.385. The summed E-state index contributed by atoms with van der Waals surface area (Å²) < 4.78 is 15.6. The van der Waals surface area contributed by atoms with Gasteiger partial charge in [-0.15, -0.1) is 0 Å². The minimum Gasteiger partial charge on any atom is -0.465 e. The number of fused-ring (bicyclic) bond motifs is 3. The molecule has 27 heavy (non-hydrogen) atoms. The average Bonchev–Trinajstić information content (AvgIpc) is 2.95. The molecule has 0 saturated carbocycles. The van der Waals surface area contributed by atoms with E-state index in [-0.39, 0.29) is 11.1 Å². The standard InChI is InChI=1S/C19H17NO7/c1-19(2,3)27-17(21)10-5-6-11-12-8-13(18(22)25-4)14(20(23)24)9-16(12)26-15(11)7-10/h5-9H,1-4H3. The van der Waals surface area contributed by atoms with Crippen LogP contribution >= 0.6 is 0 Å². The number of hydrogen-bond acceptors (Lipinski definition) is 7. The van der Waals surface area contributed by atoms with Crippen molar-refractivity contribution in [2.45, 2.75) is 26.4 Å². The number of rotatable bonds is 3. The predicted molar refractivity (Wildman–Crippen MR) is 96.9 cm³/mol. The summed E-state index contributed by atoms with van der Waals surface area (Å²) in [5.74, 6) is -1.32. The number of methoxy groups -OCH3 is 1. The highest BCUT2D eigenvalue weighted by atomic mass is 16.6. The second-order valence-corrected chi connectivity index (χ2v) is 6.93. The molecule has 0 aliphatic carbocycles. The molecule has 140 valence electrons. The number of carbonyl (C=O) groups is 2. The van der Waals surface area contributed by atoms with Crippen molar-refractivity contribution >= 4 is 39.6 Å². The molecule has 2 aromatic carbocycles. The Kier molecular flexibility index (Phi) is 4.35. The third kappa shape index (κ3) is 3.46. The van der Waals surface area contributed by atoms with Crippen molar-refractivity contribution in [2.75, 3.05) is 7.11 Å². The molecule has 0 amide bonds. The van der Waals surface area contributed by atoms with Crippen LogP contribution in [0.4, 0.5) is 5.69 Å². The van der Waals surface area contributed by atoms with E-state index in [2.05, 4.69) is 4.74 Å². The highest BCUT2D eigenvalue weighted by Crippen LogP contribution is 2.34. The first kappa shape index (κ1) is 18.4. The second kappa shape index (κ2) is 6.39. The number of nitrogens with zero attached hydrogens (tertiary/aromatic N) is 1. The van der Waals surface area contributed by atoms with Gasteiger partial charge in [0.15, 0.2) is 0 Å². The van der Waals surface area contributed by atoms with Crippen LogP contribution in [0, 0.1) is 10.1 Å². The molecule has 0 N–H and O–H groups in total. The number of furan rings is 1. The first-order valence-corrected chi connectivity index (χ1v) is 8.07. The smallest absolute Gasteiger partial charge is 0.344 e. The Morgan fingerprint density at radius 2 is 1.70 bits per heavy atom. The van der Waals surface area contributed by atoms with Crippen LogP contribution in [0.3, 0.4) is 0 Å². The molecule has 0 fully saturated rings. The summed E-state index contributed by atoms with van der Waals surface area (Å²) in [5, 5.41) is 12.4. The zero-order chi connectivity index (χ0) is 19.9. The van der Waals surface area contributed by atoms with Gasteiger partial charge in [-0.2, -0.15) is 0 Å². The Balaban J connectivity index is 2.17. The Morgan fingerprint density at radius 1 is 1.04 bits per heavy atom. The van der Waals surface area contributed by atoms with Crippen molar-refractivity contribution in [3.05, 3.63) is 51.6 Å². The van der Waals surface area contributed by atoms with Gasteiger partial charge in [-0.3, -0.25) is 10.1 Å². The van der Waals surface area contributed by atoms with Crippen molar-refractivity contribution in [1.82, 2.24) is 0 Å². The van der Waals surface area contributed by atoms with E-state index < -0.39 is 28.2 Å². The van der Waals surface area contributed by atoms with Crippen molar-refractivity contribution in [3.8, 4) is 0 Å². The molecule has 1 heterocycles. The van der Waals surface area contributed by atoms with Crippen LogP contribution < -0.4 is 0 Å². The van der Waals surface area contributed by atoms with Crippen LogP contribution in [0.5, 0.6) is 0 Å². The zero-order valence-corrected chi connectivity index (χ0v) is 15.2. The quantitative estimate of drug-likeness (QED) is 0.385. The van der Waals surface area contributed by atoms with Gasteiger partial charge in [0.1, 0.15) is 22.3 Å². The van der Waals surface area contributed by atoms with Crippen LogP contribution in [0.25, 0.3) is 21.9 Å². The van der Waals surface area contributed by atoms with Gasteiger partial charge in [0, 0.05) is 10.8 Å². The van der Waals surface area contributed by atoms with E-state index in [0.29, 0.717) is 21.9 Å². The summed E-state index contributed by atoms with van der Waals surface area (Å²) in [7, 11) is 1.15. The highest BCUT2D eigenvalue weighted by Gasteiger charge is 2.25. The molecule has 3 aromatic rings. The number of carbonyl (C=O) groups excluding carboxylic acids is 2. The zero-order valence-electron chi connectivity index (χ0n) is 15.2. The highest BCUT2D eigenvalue weighted by molar-refractivity contribution is 6.10. The van der Waals surface area contributed by atoms with Crippen molar-refractivity contribution in [3.63, 3.8) is 0 Å². The SMILES string of the molecule is COC(=O)c1cc2c(cc1[N+](=O)[O-])oc1cc(C(=O)OC(C)(C)C)ccc12. The molecule has 0 atom stereocenters. The lowest BCUT2D eigenvalue weighted by Crippen LogP contribution is -2.23. The monoisotopic (exact) mass is 371 g/mol. The van der Waals surface area contributed by atoms with Gasteiger partial charge < -0.3 is 13.9 Å². The summed E-state index contributed by atoms with van der Waals surface area (Å²) in [6.45, 7) is 5.29. The predicted octanol–water partition coefficient (Wildman–Crippen LogP) is 4.24. The maximum Gasteiger partial charge on any atom is 0.344 e. The van der Waals surface area contributed by atoms with Gasteiger partial charge >= 0.3 is 11.9 Å². The Morgan fingerprint density at radius 3 is 2.30 bits per heavy atom. The number of nitro benzene ring substituents is 1. The molecule has 3 rings (SSSR count). The van der Waals surface area contributed by atoms with Gasteiger partial charge in [-0.1, -0.05) is 0 Å². The average molecular weight is 371 g/mol. The normalized spacial score (nSPS) is 11.6. The van der Waals surface area contributed by atoms with Gasteiger partial charge in [0.05, 0.1) is 23.7 Å². The van der Waals surface area contributed by atoms with Gasteiger partial charge in [-0.05, 0) is 45.0 Å². The number of esters is 2. The molecule has 8 heteroatoms. The molecule has 0 spiro atoms. The van der Waals surface area contributed by atoms with Crippen molar-refractivity contribution < 1.29 is 28.4 Å². The van der Waals surface area contributed by atoms with Crippen LogP contribution in [0.2, 0.25) is 0 Å². The molecule has 0 unspecified atom stereocenters. The maximum atomic E-state index is 12.2. The van der Waals surface area contributed by atoms with E-state index >= 15 is 0 Å². The van der Waals surface area contributed by atoms with E-state index in [4.69, 9.17) is 9.15 Å². The second-order valence-electron chi connectivity index (χ2n) is 6.93. The molecule has 8 nitrogen and oxygen atoms in total. The van der Waals surface area contributed by atoms with E-state index in [0.717, 1.165) is 7.11 Å². The Hall–Kier alpha value is -3.42. The fourth-order valence-corrected chi connectivity index (χ4v) is 2.70. The lowest BCUT2D eigenvalue weighted by atomic mass is 10.1. The van der Waals surface area contributed by atoms with Crippen LogP contribution in [-0.4, -0.2) is 29.6 Å². The van der Waals surface area contributed by atoms with Crippen LogP contribution in [0.1, 0.15) is 41.5 Å².